The van der Waals surface area contributed by atoms with Gasteiger partial charge < -0.3 is 19.9 Å². The van der Waals surface area contributed by atoms with Crippen molar-refractivity contribution in [2.24, 2.45) is 28.6 Å². The number of methoxy groups -OCH3 is 1. The van der Waals surface area contributed by atoms with Gasteiger partial charge in [0.15, 0.2) is 5.78 Å². The highest BCUT2D eigenvalue weighted by atomic mass is 16.5. The number of nitrogens with one attached hydrogen (secondary N) is 1. The first-order valence-electron chi connectivity index (χ1n) is 15.1. The van der Waals surface area contributed by atoms with E-state index in [9.17, 15) is 24.3 Å². The third-order valence-corrected chi connectivity index (χ3v) is 10.9. The Morgan fingerprint density at radius 2 is 1.76 bits per heavy atom. The predicted octanol–water partition coefficient (Wildman–Crippen LogP) is 4.82. The van der Waals surface area contributed by atoms with Gasteiger partial charge in [-0.05, 0) is 91.9 Å². The van der Waals surface area contributed by atoms with E-state index in [1.54, 1.807) is 12.1 Å². The van der Waals surface area contributed by atoms with E-state index in [0.29, 0.717) is 24.2 Å². The lowest BCUT2D eigenvalue weighted by Gasteiger charge is -2.57. The molecule has 4 aliphatic rings. The Morgan fingerprint density at radius 3 is 2.49 bits per heavy atom. The zero-order valence-electron chi connectivity index (χ0n) is 24.4. The number of aromatic hydroxyl groups is 1. The van der Waals surface area contributed by atoms with Crippen LogP contribution in [0.1, 0.15) is 83.6 Å². The Bertz CT molecular complexity index is 1220. The van der Waals surface area contributed by atoms with Crippen LogP contribution in [0.5, 0.6) is 5.75 Å². The number of phenols is 1. The Balaban J connectivity index is 1.15. The summed E-state index contributed by atoms with van der Waals surface area (Å²) < 4.78 is 10.9. The van der Waals surface area contributed by atoms with Crippen LogP contribution in [0.2, 0.25) is 0 Å². The van der Waals surface area contributed by atoms with E-state index in [0.717, 1.165) is 50.5 Å². The molecular weight excluding hydrogens is 522 g/mol. The molecule has 8 heteroatoms. The number of phenolic OH excluding ortho intramolecular Hbond substituents is 1. The van der Waals surface area contributed by atoms with Gasteiger partial charge in [-0.1, -0.05) is 31.6 Å². The van der Waals surface area contributed by atoms with Crippen LogP contribution < -0.4 is 5.32 Å². The van der Waals surface area contributed by atoms with Crippen molar-refractivity contribution in [3.05, 3.63) is 41.5 Å². The Hall–Kier alpha value is -3.16. The SMILES string of the molecule is COC(=O)[C@H](Cc1ccc(O)cc1)NC(=O)CCC(=O)O[C@@H]1CC[C@@H]2[C@@H]3CCC4=CC(=O)CC[C@]4(C)[C@@H]3CC[C@@]21C. The van der Waals surface area contributed by atoms with Crippen molar-refractivity contribution in [1.29, 1.82) is 0 Å². The van der Waals surface area contributed by atoms with Gasteiger partial charge in [-0.25, -0.2) is 4.79 Å². The Morgan fingerprint density at radius 1 is 1.00 bits per heavy atom. The molecule has 7 atom stereocenters. The molecule has 0 bridgehead atoms. The van der Waals surface area contributed by atoms with E-state index in [4.69, 9.17) is 9.47 Å². The van der Waals surface area contributed by atoms with Gasteiger partial charge >= 0.3 is 11.9 Å². The van der Waals surface area contributed by atoms with Gasteiger partial charge in [0.25, 0.3) is 0 Å². The highest BCUT2D eigenvalue weighted by molar-refractivity contribution is 5.91. The second-order valence-corrected chi connectivity index (χ2v) is 13.1. The number of esters is 2. The van der Waals surface area contributed by atoms with Crippen molar-refractivity contribution in [3.8, 4) is 5.75 Å². The molecule has 0 aliphatic heterocycles. The molecule has 0 radical (unpaired) electrons. The average molecular weight is 566 g/mol. The molecule has 1 amide bonds. The van der Waals surface area contributed by atoms with Crippen LogP contribution in [-0.4, -0.2) is 48.0 Å². The third kappa shape index (κ3) is 5.80. The van der Waals surface area contributed by atoms with Crippen LogP contribution >= 0.6 is 0 Å². The van der Waals surface area contributed by atoms with Gasteiger partial charge in [-0.15, -0.1) is 0 Å². The number of hydrogen-bond donors (Lipinski definition) is 2. The minimum absolute atomic E-state index is 0.0531. The van der Waals surface area contributed by atoms with Gasteiger partial charge in [0, 0.05) is 24.7 Å². The molecule has 3 saturated carbocycles. The number of ether oxygens (including phenoxy) is 2. The molecule has 5 rings (SSSR count). The molecule has 2 N–H and O–H groups in total. The minimum Gasteiger partial charge on any atom is -0.508 e. The standard InChI is InChI=1S/C33H43NO7/c1-32-16-14-23(36)19-21(32)6-9-24-25-10-11-28(33(25,2)17-15-26(24)32)41-30(38)13-12-29(37)34-27(31(39)40-3)18-20-4-7-22(35)8-5-20/h4-5,7-8,19,24-28,35H,6,9-18H2,1-3H3,(H,34,37)/t24-,25+,26+,27-,28+,32-,33-/m0/s1. The molecule has 0 saturated heterocycles. The second-order valence-electron chi connectivity index (χ2n) is 13.1. The average Bonchev–Trinajstić information content (AvgIpc) is 3.28. The van der Waals surface area contributed by atoms with Crippen molar-refractivity contribution in [2.45, 2.75) is 96.6 Å². The smallest absolute Gasteiger partial charge is 0.328 e. The van der Waals surface area contributed by atoms with E-state index in [1.165, 1.54) is 24.8 Å². The van der Waals surface area contributed by atoms with E-state index < -0.39 is 17.9 Å². The molecule has 4 aliphatic carbocycles. The number of fused-ring (bicyclic) bond motifs is 5. The Kier molecular flexibility index (Phi) is 8.31. The number of allylic oxidation sites excluding steroid dienone is 1. The van der Waals surface area contributed by atoms with Crippen molar-refractivity contribution in [2.75, 3.05) is 7.11 Å². The van der Waals surface area contributed by atoms with Crippen LogP contribution in [0, 0.1) is 28.6 Å². The highest BCUT2D eigenvalue weighted by Crippen LogP contribution is 2.65. The van der Waals surface area contributed by atoms with E-state index >= 15 is 0 Å². The molecule has 1 aromatic carbocycles. The summed E-state index contributed by atoms with van der Waals surface area (Å²) in [4.78, 5) is 50.0. The topological polar surface area (TPSA) is 119 Å². The number of amides is 1. The number of rotatable bonds is 8. The lowest BCUT2D eigenvalue weighted by atomic mass is 9.47. The van der Waals surface area contributed by atoms with Crippen LogP contribution in [0.3, 0.4) is 0 Å². The summed E-state index contributed by atoms with van der Waals surface area (Å²) in [5, 5.41) is 12.2. The summed E-state index contributed by atoms with van der Waals surface area (Å²) in [6.07, 6.45) is 9.54. The summed E-state index contributed by atoms with van der Waals surface area (Å²) in [5.74, 6) is 0.677. The summed E-state index contributed by atoms with van der Waals surface area (Å²) >= 11 is 0. The molecule has 0 spiro atoms. The quantitative estimate of drug-likeness (QED) is 0.434. The predicted molar refractivity (Wildman–Crippen MR) is 152 cm³/mol. The number of ketones is 1. The zero-order chi connectivity index (χ0) is 29.4. The normalized spacial score (nSPS) is 33.0. The molecule has 41 heavy (non-hydrogen) atoms. The fraction of sp³-hybridized carbons (Fsp3) is 0.636. The molecule has 0 heterocycles. The van der Waals surface area contributed by atoms with Gasteiger partial charge in [0.1, 0.15) is 17.9 Å². The van der Waals surface area contributed by atoms with Crippen molar-refractivity contribution in [3.63, 3.8) is 0 Å². The largest absolute Gasteiger partial charge is 0.508 e. The first kappa shape index (κ1) is 29.3. The molecule has 0 unspecified atom stereocenters. The summed E-state index contributed by atoms with van der Waals surface area (Å²) in [6, 6.07) is 5.49. The summed E-state index contributed by atoms with van der Waals surface area (Å²) in [5.41, 5.74) is 2.16. The minimum atomic E-state index is -0.896. The fourth-order valence-electron chi connectivity index (χ4n) is 8.61. The van der Waals surface area contributed by atoms with Crippen LogP contribution in [0.15, 0.2) is 35.9 Å². The monoisotopic (exact) mass is 565 g/mol. The third-order valence-electron chi connectivity index (χ3n) is 10.9. The maximum Gasteiger partial charge on any atom is 0.328 e. The highest BCUT2D eigenvalue weighted by Gasteiger charge is 2.60. The first-order chi connectivity index (χ1) is 19.5. The van der Waals surface area contributed by atoms with Crippen molar-refractivity contribution < 1.29 is 33.8 Å². The molecule has 8 nitrogen and oxygen atoms in total. The van der Waals surface area contributed by atoms with Crippen molar-refractivity contribution >= 4 is 23.6 Å². The van der Waals surface area contributed by atoms with Crippen molar-refractivity contribution in [1.82, 2.24) is 5.32 Å². The lowest BCUT2D eigenvalue weighted by molar-refractivity contribution is -0.160. The second kappa shape index (κ2) is 11.6. The number of hydrogen-bond acceptors (Lipinski definition) is 7. The maximum absolute atomic E-state index is 12.9. The fourth-order valence-corrected chi connectivity index (χ4v) is 8.61. The zero-order valence-corrected chi connectivity index (χ0v) is 24.4. The number of carbonyl (C=O) groups excluding carboxylic acids is 4. The van der Waals surface area contributed by atoms with Crippen LogP contribution in [0.25, 0.3) is 0 Å². The maximum atomic E-state index is 12.9. The van der Waals surface area contributed by atoms with E-state index in [-0.39, 0.29) is 53.7 Å². The number of carbonyl (C=O) groups is 4. The van der Waals surface area contributed by atoms with Gasteiger partial charge in [0.05, 0.1) is 13.5 Å². The Labute approximate surface area is 242 Å². The van der Waals surface area contributed by atoms with Crippen LogP contribution in [0.4, 0.5) is 0 Å². The molecule has 222 valence electrons. The lowest BCUT2D eigenvalue weighted by Crippen LogP contribution is -2.51. The van der Waals surface area contributed by atoms with Gasteiger partial charge in [-0.2, -0.15) is 0 Å². The molecule has 3 fully saturated rings. The number of benzene rings is 1. The molecule has 1 aromatic rings. The van der Waals surface area contributed by atoms with Crippen LogP contribution in [-0.2, 0) is 35.1 Å². The summed E-state index contributed by atoms with van der Waals surface area (Å²) in [6.45, 7) is 4.66. The van der Waals surface area contributed by atoms with Gasteiger partial charge in [0.2, 0.25) is 5.91 Å². The van der Waals surface area contributed by atoms with E-state index in [1.807, 2.05) is 6.08 Å². The van der Waals surface area contributed by atoms with Gasteiger partial charge in [-0.3, -0.25) is 14.4 Å². The molecular formula is C33H43NO7. The first-order valence-corrected chi connectivity index (χ1v) is 15.1. The summed E-state index contributed by atoms with van der Waals surface area (Å²) in [7, 11) is 1.26. The van der Waals surface area contributed by atoms with E-state index in [2.05, 4.69) is 19.2 Å². The molecule has 0 aromatic heterocycles.